The standard InChI is InChI=1S/C18H23NO3/c1-13(2)15-8-6-14(7-9-15)4-3-5-16(20)19-12-18(10-11-18)17(21)22/h3-4,6-9,13H,5,10-12H2,1-2H3,(H,19,20)(H,21,22)/b4-3+. The lowest BCUT2D eigenvalue weighted by molar-refractivity contribution is -0.143. The molecule has 0 heterocycles. The molecule has 0 aliphatic heterocycles. The third kappa shape index (κ3) is 4.20. The van der Waals surface area contributed by atoms with Crippen molar-refractivity contribution in [1.29, 1.82) is 0 Å². The number of aliphatic carboxylic acids is 1. The molecule has 0 atom stereocenters. The fourth-order valence-electron chi connectivity index (χ4n) is 2.25. The molecule has 2 rings (SSSR count). The van der Waals surface area contributed by atoms with Gasteiger partial charge >= 0.3 is 5.97 Å². The van der Waals surface area contributed by atoms with Crippen molar-refractivity contribution in [2.24, 2.45) is 5.41 Å². The average Bonchev–Trinajstić information content (AvgIpc) is 3.27. The van der Waals surface area contributed by atoms with Gasteiger partial charge in [0.25, 0.3) is 0 Å². The summed E-state index contributed by atoms with van der Waals surface area (Å²) in [4.78, 5) is 22.7. The third-order valence-corrected chi connectivity index (χ3v) is 4.15. The molecule has 4 nitrogen and oxygen atoms in total. The number of carboxylic acids is 1. The van der Waals surface area contributed by atoms with E-state index in [9.17, 15) is 9.59 Å². The summed E-state index contributed by atoms with van der Waals surface area (Å²) in [5.74, 6) is -0.441. The summed E-state index contributed by atoms with van der Waals surface area (Å²) in [5, 5.41) is 11.7. The molecule has 1 aliphatic rings. The zero-order chi connectivity index (χ0) is 16.2. The SMILES string of the molecule is CC(C)c1ccc(/C=C/CC(=O)NCC2(C(=O)O)CC2)cc1. The Balaban J connectivity index is 1.77. The van der Waals surface area contributed by atoms with Crippen LogP contribution >= 0.6 is 0 Å². The quantitative estimate of drug-likeness (QED) is 0.812. The minimum absolute atomic E-state index is 0.137. The lowest BCUT2D eigenvalue weighted by atomic mass is 10.0. The molecule has 1 fully saturated rings. The van der Waals surface area contributed by atoms with Gasteiger partial charge in [0, 0.05) is 13.0 Å². The summed E-state index contributed by atoms with van der Waals surface area (Å²) in [6.45, 7) is 4.54. The number of hydrogen-bond acceptors (Lipinski definition) is 2. The Bertz CT molecular complexity index is 568. The average molecular weight is 301 g/mol. The molecule has 0 unspecified atom stereocenters. The van der Waals surface area contributed by atoms with Gasteiger partial charge in [0.2, 0.25) is 5.91 Å². The number of carbonyl (C=O) groups is 2. The fraction of sp³-hybridized carbons (Fsp3) is 0.444. The van der Waals surface area contributed by atoms with Crippen LogP contribution in [0.4, 0.5) is 0 Å². The molecule has 2 N–H and O–H groups in total. The van der Waals surface area contributed by atoms with Crippen LogP contribution in [0.2, 0.25) is 0 Å². The molecule has 0 spiro atoms. The summed E-state index contributed by atoms with van der Waals surface area (Å²) in [6, 6.07) is 8.25. The molecule has 1 aromatic rings. The number of carbonyl (C=O) groups excluding carboxylic acids is 1. The van der Waals surface area contributed by atoms with Gasteiger partial charge in [-0.05, 0) is 29.9 Å². The number of rotatable bonds is 7. The Hall–Kier alpha value is -2.10. The summed E-state index contributed by atoms with van der Waals surface area (Å²) in [6.07, 6.45) is 5.29. The normalized spacial score (nSPS) is 16.0. The van der Waals surface area contributed by atoms with E-state index in [1.807, 2.05) is 18.2 Å². The van der Waals surface area contributed by atoms with E-state index in [2.05, 4.69) is 31.3 Å². The van der Waals surface area contributed by atoms with Gasteiger partial charge < -0.3 is 10.4 Å². The van der Waals surface area contributed by atoms with Crippen molar-refractivity contribution in [3.05, 3.63) is 41.5 Å². The molecule has 1 aliphatic carbocycles. The van der Waals surface area contributed by atoms with Crippen LogP contribution in [0.5, 0.6) is 0 Å². The second kappa shape index (κ2) is 6.77. The highest BCUT2D eigenvalue weighted by Crippen LogP contribution is 2.45. The maximum atomic E-state index is 11.7. The topological polar surface area (TPSA) is 66.4 Å². The van der Waals surface area contributed by atoms with Gasteiger partial charge in [0.05, 0.1) is 5.41 Å². The van der Waals surface area contributed by atoms with Gasteiger partial charge in [-0.2, -0.15) is 0 Å². The number of carboxylic acid groups (broad SMARTS) is 1. The molecule has 1 saturated carbocycles. The van der Waals surface area contributed by atoms with Gasteiger partial charge in [-0.25, -0.2) is 0 Å². The van der Waals surface area contributed by atoms with Gasteiger partial charge in [-0.3, -0.25) is 9.59 Å². The van der Waals surface area contributed by atoms with Gasteiger partial charge in [0.1, 0.15) is 0 Å². The van der Waals surface area contributed by atoms with Crippen LogP contribution in [0.25, 0.3) is 6.08 Å². The zero-order valence-electron chi connectivity index (χ0n) is 13.1. The Morgan fingerprint density at radius 3 is 2.41 bits per heavy atom. The number of benzene rings is 1. The van der Waals surface area contributed by atoms with Gasteiger partial charge in [0.15, 0.2) is 0 Å². The fourth-order valence-corrected chi connectivity index (χ4v) is 2.25. The summed E-state index contributed by atoms with van der Waals surface area (Å²) in [5.41, 5.74) is 1.64. The first-order chi connectivity index (χ1) is 10.4. The molecule has 0 saturated heterocycles. The summed E-state index contributed by atoms with van der Waals surface area (Å²) in [7, 11) is 0. The molecular formula is C18H23NO3. The van der Waals surface area contributed by atoms with Crippen LogP contribution in [0.15, 0.2) is 30.3 Å². The monoisotopic (exact) mass is 301 g/mol. The lowest BCUT2D eigenvalue weighted by Gasteiger charge is -2.10. The summed E-state index contributed by atoms with van der Waals surface area (Å²) < 4.78 is 0. The second-order valence-electron chi connectivity index (χ2n) is 6.29. The molecule has 118 valence electrons. The van der Waals surface area contributed by atoms with Crippen LogP contribution in [-0.4, -0.2) is 23.5 Å². The maximum Gasteiger partial charge on any atom is 0.311 e. The molecule has 4 heteroatoms. The molecule has 0 radical (unpaired) electrons. The highest BCUT2D eigenvalue weighted by atomic mass is 16.4. The molecule has 0 bridgehead atoms. The Morgan fingerprint density at radius 1 is 1.27 bits per heavy atom. The molecule has 22 heavy (non-hydrogen) atoms. The Labute approximate surface area is 131 Å². The Morgan fingerprint density at radius 2 is 1.91 bits per heavy atom. The van der Waals surface area contributed by atoms with E-state index < -0.39 is 11.4 Å². The van der Waals surface area contributed by atoms with Crippen LogP contribution in [0.3, 0.4) is 0 Å². The second-order valence-corrected chi connectivity index (χ2v) is 6.29. The van der Waals surface area contributed by atoms with E-state index in [0.29, 0.717) is 18.8 Å². The number of nitrogens with one attached hydrogen (secondary N) is 1. The Kier molecular flexibility index (Phi) is 5.01. The zero-order valence-corrected chi connectivity index (χ0v) is 13.1. The van der Waals surface area contributed by atoms with Gasteiger partial charge in [-0.15, -0.1) is 0 Å². The first-order valence-electron chi connectivity index (χ1n) is 7.69. The summed E-state index contributed by atoms with van der Waals surface area (Å²) >= 11 is 0. The largest absolute Gasteiger partial charge is 0.481 e. The van der Waals surface area contributed by atoms with Crippen molar-refractivity contribution in [3.63, 3.8) is 0 Å². The lowest BCUT2D eigenvalue weighted by Crippen LogP contribution is -2.33. The van der Waals surface area contributed by atoms with Crippen molar-refractivity contribution in [1.82, 2.24) is 5.32 Å². The highest BCUT2D eigenvalue weighted by molar-refractivity contribution is 5.82. The van der Waals surface area contributed by atoms with Gasteiger partial charge in [-0.1, -0.05) is 50.3 Å². The third-order valence-electron chi connectivity index (χ3n) is 4.15. The number of hydrogen-bond donors (Lipinski definition) is 2. The van der Waals surface area contributed by atoms with Crippen LogP contribution in [-0.2, 0) is 9.59 Å². The smallest absolute Gasteiger partial charge is 0.311 e. The van der Waals surface area contributed by atoms with E-state index in [1.54, 1.807) is 6.08 Å². The van der Waals surface area contributed by atoms with E-state index in [4.69, 9.17) is 5.11 Å². The van der Waals surface area contributed by atoms with Crippen molar-refractivity contribution in [2.45, 2.75) is 39.0 Å². The first-order valence-corrected chi connectivity index (χ1v) is 7.69. The predicted molar refractivity (Wildman–Crippen MR) is 86.5 cm³/mol. The molecule has 0 aromatic heterocycles. The van der Waals surface area contributed by atoms with E-state index in [0.717, 1.165) is 5.56 Å². The molecular weight excluding hydrogens is 278 g/mol. The van der Waals surface area contributed by atoms with Crippen LogP contribution < -0.4 is 5.32 Å². The van der Waals surface area contributed by atoms with E-state index in [1.165, 1.54) is 5.56 Å². The van der Waals surface area contributed by atoms with Crippen molar-refractivity contribution in [3.8, 4) is 0 Å². The van der Waals surface area contributed by atoms with Crippen LogP contribution in [0.1, 0.15) is 50.2 Å². The maximum absolute atomic E-state index is 11.7. The van der Waals surface area contributed by atoms with E-state index in [-0.39, 0.29) is 18.9 Å². The minimum atomic E-state index is -0.811. The number of amides is 1. The molecule has 1 aromatic carbocycles. The highest BCUT2D eigenvalue weighted by Gasteiger charge is 2.50. The minimum Gasteiger partial charge on any atom is -0.481 e. The molecule has 1 amide bonds. The predicted octanol–water partition coefficient (Wildman–Crippen LogP) is 3.19. The van der Waals surface area contributed by atoms with Crippen LogP contribution in [0, 0.1) is 5.41 Å². The van der Waals surface area contributed by atoms with Crippen molar-refractivity contribution < 1.29 is 14.7 Å². The van der Waals surface area contributed by atoms with Crippen molar-refractivity contribution >= 4 is 18.0 Å². The first kappa shape index (κ1) is 16.3. The van der Waals surface area contributed by atoms with Crippen molar-refractivity contribution in [2.75, 3.05) is 6.54 Å². The van der Waals surface area contributed by atoms with E-state index >= 15 is 0 Å².